The van der Waals surface area contributed by atoms with Crippen molar-refractivity contribution in [3.8, 4) is 0 Å². The Hall–Kier alpha value is -2.30. The minimum absolute atomic E-state index is 0.214. The molecule has 2 N–H and O–H groups in total. The molecule has 26 heavy (non-hydrogen) atoms. The second-order valence-electron chi connectivity index (χ2n) is 7.37. The van der Waals surface area contributed by atoms with Crippen LogP contribution in [0.3, 0.4) is 0 Å². The van der Waals surface area contributed by atoms with Crippen molar-refractivity contribution in [3.05, 3.63) is 70.8 Å². The molecule has 0 spiro atoms. The lowest BCUT2D eigenvalue weighted by molar-refractivity contribution is 0.0487. The number of rotatable bonds is 3. The lowest BCUT2D eigenvalue weighted by Gasteiger charge is -2.39. The van der Waals surface area contributed by atoms with Crippen molar-refractivity contribution < 1.29 is 9.90 Å². The molecule has 2 aromatic carbocycles. The van der Waals surface area contributed by atoms with Gasteiger partial charge in [-0.25, -0.2) is 4.99 Å². The summed E-state index contributed by atoms with van der Waals surface area (Å²) >= 11 is 0. The number of carbonyl (C=O) groups is 1. The number of benzene rings is 2. The van der Waals surface area contributed by atoms with Gasteiger partial charge in [0.2, 0.25) is 0 Å². The number of aliphatic hydroxyl groups is 1. The summed E-state index contributed by atoms with van der Waals surface area (Å²) in [7, 11) is 0. The van der Waals surface area contributed by atoms with Gasteiger partial charge in [0.05, 0.1) is 0 Å². The average molecular weight is 348 g/mol. The molecule has 0 radical (unpaired) electrons. The van der Waals surface area contributed by atoms with E-state index in [1.807, 2.05) is 49.4 Å². The van der Waals surface area contributed by atoms with Gasteiger partial charge in [-0.1, -0.05) is 67.3 Å². The highest BCUT2D eigenvalue weighted by molar-refractivity contribution is 6.18. The van der Waals surface area contributed by atoms with Gasteiger partial charge in [0.25, 0.3) is 5.91 Å². The fourth-order valence-electron chi connectivity index (χ4n) is 4.03. The van der Waals surface area contributed by atoms with Gasteiger partial charge >= 0.3 is 0 Å². The molecular formula is C22H24N2O2. The first-order valence-corrected chi connectivity index (χ1v) is 9.38. The molecule has 1 atom stereocenters. The van der Waals surface area contributed by atoms with Gasteiger partial charge in [0.1, 0.15) is 5.71 Å². The largest absolute Gasteiger partial charge is 0.366 e. The molecule has 1 aliphatic carbocycles. The van der Waals surface area contributed by atoms with E-state index < -0.39 is 5.72 Å². The molecule has 1 fully saturated rings. The number of fused-ring (bicyclic) bond motifs is 1. The van der Waals surface area contributed by atoms with Crippen LogP contribution in [0.1, 0.15) is 59.2 Å². The molecular weight excluding hydrogens is 324 g/mol. The highest BCUT2D eigenvalue weighted by atomic mass is 16.3. The molecule has 2 aliphatic rings. The summed E-state index contributed by atoms with van der Waals surface area (Å²) < 4.78 is 0. The maximum atomic E-state index is 12.6. The number of hydrogen-bond donors (Lipinski definition) is 2. The maximum Gasteiger partial charge on any atom is 0.277 e. The van der Waals surface area contributed by atoms with Crippen LogP contribution in [0.4, 0.5) is 0 Å². The Balaban J connectivity index is 1.82. The van der Waals surface area contributed by atoms with Crippen molar-refractivity contribution >= 4 is 11.6 Å². The van der Waals surface area contributed by atoms with Crippen LogP contribution in [-0.2, 0) is 5.72 Å². The van der Waals surface area contributed by atoms with Crippen LogP contribution in [0, 0.1) is 6.92 Å². The molecule has 1 saturated carbocycles. The van der Waals surface area contributed by atoms with Crippen LogP contribution in [-0.4, -0.2) is 22.8 Å². The summed E-state index contributed by atoms with van der Waals surface area (Å²) in [4.78, 5) is 16.9. The Labute approximate surface area is 154 Å². The number of nitrogens with one attached hydrogen (secondary N) is 1. The summed E-state index contributed by atoms with van der Waals surface area (Å²) in [5.74, 6) is -0.300. The zero-order valence-electron chi connectivity index (χ0n) is 15.0. The van der Waals surface area contributed by atoms with Gasteiger partial charge in [0.15, 0.2) is 5.72 Å². The zero-order chi connectivity index (χ0) is 18.1. The molecule has 1 unspecified atom stereocenters. The average Bonchev–Trinajstić information content (AvgIpc) is 2.67. The van der Waals surface area contributed by atoms with Crippen LogP contribution in [0.25, 0.3) is 0 Å². The molecule has 4 rings (SSSR count). The van der Waals surface area contributed by atoms with E-state index in [1.165, 1.54) is 6.42 Å². The quantitative estimate of drug-likeness (QED) is 0.831. The molecule has 2 aromatic rings. The van der Waals surface area contributed by atoms with Gasteiger partial charge in [0, 0.05) is 22.7 Å². The first-order valence-electron chi connectivity index (χ1n) is 9.38. The number of aryl methyl sites for hydroxylation is 1. The second-order valence-corrected chi connectivity index (χ2v) is 7.37. The Morgan fingerprint density at radius 3 is 2.46 bits per heavy atom. The lowest BCUT2D eigenvalue weighted by Crippen LogP contribution is -2.56. The summed E-state index contributed by atoms with van der Waals surface area (Å²) in [5.41, 5.74) is 1.90. The first-order chi connectivity index (χ1) is 12.6. The molecule has 1 heterocycles. The summed E-state index contributed by atoms with van der Waals surface area (Å²) in [6.07, 6.45) is 5.61. The third-order valence-electron chi connectivity index (χ3n) is 5.45. The summed E-state index contributed by atoms with van der Waals surface area (Å²) in [5, 5.41) is 15.2. The van der Waals surface area contributed by atoms with Gasteiger partial charge in [-0.2, -0.15) is 0 Å². The van der Waals surface area contributed by atoms with E-state index in [4.69, 9.17) is 0 Å². The topological polar surface area (TPSA) is 61.7 Å². The molecule has 134 valence electrons. The lowest BCUT2D eigenvalue weighted by atomic mass is 9.84. The predicted octanol–water partition coefficient (Wildman–Crippen LogP) is 3.71. The maximum absolute atomic E-state index is 12.6. The smallest absolute Gasteiger partial charge is 0.277 e. The van der Waals surface area contributed by atoms with Crippen LogP contribution >= 0.6 is 0 Å². The van der Waals surface area contributed by atoms with Crippen LogP contribution in [0.15, 0.2) is 53.5 Å². The highest BCUT2D eigenvalue weighted by Gasteiger charge is 2.44. The van der Waals surface area contributed by atoms with Crippen LogP contribution in [0.5, 0.6) is 0 Å². The molecule has 0 aromatic heterocycles. The fourth-order valence-corrected chi connectivity index (χ4v) is 4.03. The molecule has 1 amide bonds. The van der Waals surface area contributed by atoms with Crippen LogP contribution in [0.2, 0.25) is 0 Å². The van der Waals surface area contributed by atoms with Gasteiger partial charge < -0.3 is 5.11 Å². The molecule has 4 heteroatoms. The van der Waals surface area contributed by atoms with Crippen molar-refractivity contribution in [3.63, 3.8) is 0 Å². The number of aliphatic imine (C=N–C) groups is 1. The van der Waals surface area contributed by atoms with Crippen molar-refractivity contribution in [1.29, 1.82) is 0 Å². The molecule has 0 saturated heterocycles. The minimum Gasteiger partial charge on any atom is -0.366 e. The minimum atomic E-state index is -1.46. The third kappa shape index (κ3) is 3.00. The SMILES string of the molecule is Cc1ccc(C2=NC(=O)c3ccccc3C2(O)NC2CCCCC2)cc1. The van der Waals surface area contributed by atoms with Crippen molar-refractivity contribution in [2.24, 2.45) is 4.99 Å². The van der Waals surface area contributed by atoms with Gasteiger partial charge in [-0.05, 0) is 25.8 Å². The summed E-state index contributed by atoms with van der Waals surface area (Å²) in [6, 6.07) is 15.2. The second kappa shape index (κ2) is 6.78. The molecule has 1 aliphatic heterocycles. The normalized spacial score (nSPS) is 23.5. The third-order valence-corrected chi connectivity index (χ3v) is 5.45. The first kappa shape index (κ1) is 17.1. The van der Waals surface area contributed by atoms with Gasteiger partial charge in [-0.15, -0.1) is 0 Å². The monoisotopic (exact) mass is 348 g/mol. The van der Waals surface area contributed by atoms with Crippen molar-refractivity contribution in [1.82, 2.24) is 5.32 Å². The number of hydrogen-bond acceptors (Lipinski definition) is 3. The van der Waals surface area contributed by atoms with E-state index in [1.54, 1.807) is 6.07 Å². The molecule has 0 bridgehead atoms. The highest BCUT2D eigenvalue weighted by Crippen LogP contribution is 2.34. The van der Waals surface area contributed by atoms with E-state index in [0.717, 1.165) is 36.8 Å². The summed E-state index contributed by atoms with van der Waals surface area (Å²) in [6.45, 7) is 2.01. The Bertz CT molecular complexity index is 851. The van der Waals surface area contributed by atoms with E-state index in [9.17, 15) is 9.90 Å². The number of amides is 1. The Kier molecular flexibility index (Phi) is 4.47. The standard InChI is InChI=1S/C22H24N2O2/c1-15-11-13-16(14-12-15)20-22(26,24-17-7-3-2-4-8-17)19-10-6-5-9-18(19)21(25)23-20/h5-6,9-14,17,24,26H,2-4,7-8H2,1H3. The number of nitrogens with zero attached hydrogens (tertiary/aromatic N) is 1. The van der Waals surface area contributed by atoms with E-state index >= 15 is 0 Å². The van der Waals surface area contributed by atoms with Gasteiger partial charge in [-0.3, -0.25) is 10.1 Å². The van der Waals surface area contributed by atoms with E-state index in [2.05, 4.69) is 10.3 Å². The van der Waals surface area contributed by atoms with E-state index in [-0.39, 0.29) is 11.9 Å². The fraction of sp³-hybridized carbons (Fsp3) is 0.364. The predicted molar refractivity (Wildman–Crippen MR) is 102 cm³/mol. The van der Waals surface area contributed by atoms with Crippen molar-refractivity contribution in [2.75, 3.05) is 0 Å². The van der Waals surface area contributed by atoms with Crippen LogP contribution < -0.4 is 5.32 Å². The van der Waals surface area contributed by atoms with E-state index in [0.29, 0.717) is 16.8 Å². The zero-order valence-corrected chi connectivity index (χ0v) is 15.0. The molecule has 4 nitrogen and oxygen atoms in total. The Morgan fingerprint density at radius 2 is 1.73 bits per heavy atom. The van der Waals surface area contributed by atoms with Crippen molar-refractivity contribution in [2.45, 2.75) is 50.8 Å². The number of carbonyl (C=O) groups excluding carboxylic acids is 1. The Morgan fingerprint density at radius 1 is 1.04 bits per heavy atom.